The quantitative estimate of drug-likeness (QED) is 0.315. The second kappa shape index (κ2) is 11.8. The SMILES string of the molecule is O=C(Nc1cccc(SC(C(=O)Nc2ccc(Cl)c(Cl)c2)c2ccccc2)c1)C1CCCCC1. The van der Waals surface area contributed by atoms with Crippen molar-refractivity contribution in [1.82, 2.24) is 0 Å². The zero-order valence-corrected chi connectivity index (χ0v) is 20.9. The molecule has 3 aromatic rings. The van der Waals surface area contributed by atoms with E-state index in [9.17, 15) is 9.59 Å². The van der Waals surface area contributed by atoms with Gasteiger partial charge in [-0.1, -0.05) is 78.9 Å². The Morgan fingerprint density at radius 1 is 0.794 bits per heavy atom. The lowest BCUT2D eigenvalue weighted by Gasteiger charge is -2.21. The van der Waals surface area contributed by atoms with E-state index >= 15 is 0 Å². The summed E-state index contributed by atoms with van der Waals surface area (Å²) in [5.41, 5.74) is 2.20. The summed E-state index contributed by atoms with van der Waals surface area (Å²) in [5, 5.41) is 6.32. The van der Waals surface area contributed by atoms with Gasteiger partial charge in [0.05, 0.1) is 10.0 Å². The fourth-order valence-corrected chi connectivity index (χ4v) is 5.46. The number of carbonyl (C=O) groups is 2. The lowest BCUT2D eigenvalue weighted by atomic mass is 9.88. The van der Waals surface area contributed by atoms with Gasteiger partial charge in [0.2, 0.25) is 11.8 Å². The van der Waals surface area contributed by atoms with Crippen LogP contribution in [0, 0.1) is 5.92 Å². The average Bonchev–Trinajstić information content (AvgIpc) is 2.86. The zero-order chi connectivity index (χ0) is 23.9. The number of thioether (sulfide) groups is 1. The molecule has 176 valence electrons. The summed E-state index contributed by atoms with van der Waals surface area (Å²) in [6, 6.07) is 22.3. The van der Waals surface area contributed by atoms with Crippen LogP contribution in [-0.2, 0) is 9.59 Å². The second-order valence-corrected chi connectivity index (χ2v) is 10.4. The number of nitrogens with one attached hydrogen (secondary N) is 2. The van der Waals surface area contributed by atoms with Crippen molar-refractivity contribution in [2.24, 2.45) is 5.92 Å². The highest BCUT2D eigenvalue weighted by molar-refractivity contribution is 8.00. The third-order valence-electron chi connectivity index (χ3n) is 5.86. The minimum Gasteiger partial charge on any atom is -0.326 e. The van der Waals surface area contributed by atoms with E-state index in [4.69, 9.17) is 23.2 Å². The third-order valence-corrected chi connectivity index (χ3v) is 7.85. The van der Waals surface area contributed by atoms with E-state index in [-0.39, 0.29) is 17.7 Å². The minimum absolute atomic E-state index is 0.0822. The first-order chi connectivity index (χ1) is 16.5. The molecule has 0 aromatic heterocycles. The van der Waals surface area contributed by atoms with Gasteiger partial charge < -0.3 is 10.6 Å². The third kappa shape index (κ3) is 6.56. The maximum atomic E-state index is 13.3. The van der Waals surface area contributed by atoms with Crippen molar-refractivity contribution in [3.05, 3.63) is 88.4 Å². The maximum Gasteiger partial charge on any atom is 0.242 e. The highest BCUT2D eigenvalue weighted by Crippen LogP contribution is 2.38. The molecule has 7 heteroatoms. The Morgan fingerprint density at radius 3 is 2.26 bits per heavy atom. The zero-order valence-electron chi connectivity index (χ0n) is 18.6. The van der Waals surface area contributed by atoms with Crippen molar-refractivity contribution in [3.8, 4) is 0 Å². The van der Waals surface area contributed by atoms with Gasteiger partial charge in [0.1, 0.15) is 5.25 Å². The molecule has 4 nitrogen and oxygen atoms in total. The monoisotopic (exact) mass is 512 g/mol. The largest absolute Gasteiger partial charge is 0.326 e. The number of amides is 2. The number of carbonyl (C=O) groups excluding carboxylic acids is 2. The lowest BCUT2D eigenvalue weighted by Crippen LogP contribution is -2.24. The van der Waals surface area contributed by atoms with E-state index in [1.54, 1.807) is 18.2 Å². The van der Waals surface area contributed by atoms with Crippen LogP contribution in [0.5, 0.6) is 0 Å². The molecule has 34 heavy (non-hydrogen) atoms. The second-order valence-electron chi connectivity index (χ2n) is 8.38. The Balaban J connectivity index is 1.51. The fourth-order valence-electron chi connectivity index (χ4n) is 4.07. The van der Waals surface area contributed by atoms with Crippen LogP contribution < -0.4 is 10.6 Å². The van der Waals surface area contributed by atoms with Gasteiger partial charge in [-0.3, -0.25) is 9.59 Å². The van der Waals surface area contributed by atoms with Gasteiger partial charge in [0.25, 0.3) is 0 Å². The van der Waals surface area contributed by atoms with Gasteiger partial charge >= 0.3 is 0 Å². The number of halogens is 2. The molecule has 1 saturated carbocycles. The van der Waals surface area contributed by atoms with Crippen molar-refractivity contribution in [2.45, 2.75) is 42.2 Å². The van der Waals surface area contributed by atoms with Crippen LogP contribution in [0.25, 0.3) is 0 Å². The van der Waals surface area contributed by atoms with Crippen molar-refractivity contribution in [2.75, 3.05) is 10.6 Å². The number of benzene rings is 3. The Labute approximate surface area is 214 Å². The Bertz CT molecular complexity index is 1150. The minimum atomic E-state index is -0.500. The number of anilines is 2. The molecule has 3 aromatic carbocycles. The van der Waals surface area contributed by atoms with Gasteiger partial charge in [-0.25, -0.2) is 0 Å². The van der Waals surface area contributed by atoms with E-state index in [2.05, 4.69) is 10.6 Å². The summed E-state index contributed by atoms with van der Waals surface area (Å²) in [6.45, 7) is 0. The topological polar surface area (TPSA) is 58.2 Å². The van der Waals surface area contributed by atoms with Crippen molar-refractivity contribution >= 4 is 58.2 Å². The van der Waals surface area contributed by atoms with E-state index in [0.29, 0.717) is 15.7 Å². The first-order valence-electron chi connectivity index (χ1n) is 11.4. The first-order valence-corrected chi connectivity index (χ1v) is 13.0. The summed E-state index contributed by atoms with van der Waals surface area (Å²) < 4.78 is 0. The number of hydrogen-bond acceptors (Lipinski definition) is 3. The summed E-state index contributed by atoms with van der Waals surface area (Å²) in [5.74, 6) is -0.0100. The van der Waals surface area contributed by atoms with Gasteiger partial charge in [-0.15, -0.1) is 11.8 Å². The van der Waals surface area contributed by atoms with Gasteiger partial charge in [0, 0.05) is 22.2 Å². The molecule has 0 bridgehead atoms. The van der Waals surface area contributed by atoms with E-state index < -0.39 is 5.25 Å². The molecule has 1 aliphatic rings. The van der Waals surface area contributed by atoms with E-state index in [1.165, 1.54) is 18.2 Å². The van der Waals surface area contributed by atoms with Crippen LogP contribution in [0.15, 0.2) is 77.7 Å². The molecular formula is C27H26Cl2N2O2S. The Morgan fingerprint density at radius 2 is 1.53 bits per heavy atom. The highest BCUT2D eigenvalue weighted by Gasteiger charge is 2.24. The van der Waals surface area contributed by atoms with Gasteiger partial charge in [-0.05, 0) is 54.8 Å². The first kappa shape index (κ1) is 24.6. The molecule has 2 N–H and O–H groups in total. The molecule has 0 saturated heterocycles. The summed E-state index contributed by atoms with van der Waals surface area (Å²) >= 11 is 13.6. The molecule has 0 spiro atoms. The molecule has 0 aliphatic heterocycles. The van der Waals surface area contributed by atoms with Gasteiger partial charge in [-0.2, -0.15) is 0 Å². The highest BCUT2D eigenvalue weighted by atomic mass is 35.5. The lowest BCUT2D eigenvalue weighted by molar-refractivity contribution is -0.120. The predicted octanol–water partition coefficient (Wildman–Crippen LogP) is 7.98. The molecule has 1 atom stereocenters. The fraction of sp³-hybridized carbons (Fsp3) is 0.259. The van der Waals surface area contributed by atoms with E-state index in [0.717, 1.165) is 41.8 Å². The molecule has 1 fully saturated rings. The van der Waals surface area contributed by atoms with Crippen molar-refractivity contribution in [1.29, 1.82) is 0 Å². The van der Waals surface area contributed by atoms with Crippen LogP contribution in [0.4, 0.5) is 11.4 Å². The normalized spacial score (nSPS) is 14.9. The Hall–Kier alpha value is -2.47. The van der Waals surface area contributed by atoms with Gasteiger partial charge in [0.15, 0.2) is 0 Å². The summed E-state index contributed by atoms with van der Waals surface area (Å²) in [6.07, 6.45) is 5.33. The maximum absolute atomic E-state index is 13.3. The van der Waals surface area contributed by atoms with Crippen LogP contribution in [0.3, 0.4) is 0 Å². The van der Waals surface area contributed by atoms with Crippen LogP contribution >= 0.6 is 35.0 Å². The molecule has 1 aliphatic carbocycles. The number of rotatable bonds is 7. The number of hydrogen-bond donors (Lipinski definition) is 2. The van der Waals surface area contributed by atoms with Crippen LogP contribution in [0.2, 0.25) is 10.0 Å². The van der Waals surface area contributed by atoms with Crippen LogP contribution in [-0.4, -0.2) is 11.8 Å². The molecule has 0 radical (unpaired) electrons. The van der Waals surface area contributed by atoms with Crippen molar-refractivity contribution in [3.63, 3.8) is 0 Å². The van der Waals surface area contributed by atoms with Crippen molar-refractivity contribution < 1.29 is 9.59 Å². The van der Waals surface area contributed by atoms with E-state index in [1.807, 2.05) is 54.6 Å². The molecular weight excluding hydrogens is 487 g/mol. The predicted molar refractivity (Wildman–Crippen MR) is 142 cm³/mol. The van der Waals surface area contributed by atoms with Crippen LogP contribution in [0.1, 0.15) is 42.9 Å². The smallest absolute Gasteiger partial charge is 0.242 e. The Kier molecular flexibility index (Phi) is 8.54. The molecule has 1 unspecified atom stereocenters. The summed E-state index contributed by atoms with van der Waals surface area (Å²) in [7, 11) is 0. The standard InChI is InChI=1S/C27H26Cl2N2O2S/c28-23-15-14-21(17-24(23)29)31-27(33)25(18-8-3-1-4-9-18)34-22-13-7-12-20(16-22)30-26(32)19-10-5-2-6-11-19/h1,3-4,7-9,12-17,19,25H,2,5-6,10-11H2,(H,30,32)(H,31,33). The average molecular weight is 513 g/mol. The summed E-state index contributed by atoms with van der Waals surface area (Å²) in [4.78, 5) is 26.9. The molecule has 0 heterocycles. The molecule has 2 amide bonds. The molecule has 4 rings (SSSR count).